The average molecular weight is 457 g/mol. The minimum atomic E-state index is -1.05. The Morgan fingerprint density at radius 3 is 2.62 bits per heavy atom. The average Bonchev–Trinajstić information content (AvgIpc) is 3.04. The molecule has 0 radical (unpaired) electrons. The Morgan fingerprint density at radius 1 is 1.09 bits per heavy atom. The molecule has 2 aliphatic heterocycles. The summed E-state index contributed by atoms with van der Waals surface area (Å²) >= 11 is 0. The number of pyridine rings is 1. The van der Waals surface area contributed by atoms with Crippen LogP contribution < -0.4 is 19.7 Å². The number of rotatable bonds is 3. The van der Waals surface area contributed by atoms with Crippen molar-refractivity contribution in [2.24, 2.45) is 5.41 Å². The number of hydrogen-bond acceptors (Lipinski definition) is 6. The molecule has 2 aliphatic rings. The van der Waals surface area contributed by atoms with Crippen LogP contribution in [0, 0.1) is 5.41 Å². The van der Waals surface area contributed by atoms with Crippen LogP contribution in [0.15, 0.2) is 66.9 Å². The molecule has 1 spiro atoms. The maximum absolute atomic E-state index is 13.7. The molecular formula is C26H23N3O5. The minimum Gasteiger partial charge on any atom is -0.490 e. The summed E-state index contributed by atoms with van der Waals surface area (Å²) in [6.07, 6.45) is 1.93. The maximum Gasteiger partial charge on any atom is 0.259 e. The number of fused-ring (bicyclic) bond motifs is 1. The fourth-order valence-corrected chi connectivity index (χ4v) is 4.35. The van der Waals surface area contributed by atoms with Crippen LogP contribution in [-0.2, 0) is 9.59 Å². The van der Waals surface area contributed by atoms with Gasteiger partial charge in [-0.15, -0.1) is 0 Å². The van der Waals surface area contributed by atoms with Gasteiger partial charge in [-0.3, -0.25) is 19.7 Å². The van der Waals surface area contributed by atoms with Crippen molar-refractivity contribution in [3.8, 4) is 22.8 Å². The van der Waals surface area contributed by atoms with E-state index in [1.165, 1.54) is 13.3 Å². The van der Waals surface area contributed by atoms with E-state index in [0.29, 0.717) is 29.3 Å². The molecular weight excluding hydrogens is 434 g/mol. The predicted molar refractivity (Wildman–Crippen MR) is 125 cm³/mol. The monoisotopic (exact) mass is 457 g/mol. The summed E-state index contributed by atoms with van der Waals surface area (Å²) < 4.78 is 11.3. The summed E-state index contributed by atoms with van der Waals surface area (Å²) in [5.41, 5.74) is 1.79. The van der Waals surface area contributed by atoms with Gasteiger partial charge in [0.2, 0.25) is 17.7 Å². The molecule has 1 saturated heterocycles. The number of nitrogens with one attached hydrogen (secondary N) is 1. The number of amides is 3. The Balaban J connectivity index is 1.58. The number of carbonyl (C=O) groups is 3. The van der Waals surface area contributed by atoms with E-state index in [4.69, 9.17) is 9.47 Å². The van der Waals surface area contributed by atoms with Crippen molar-refractivity contribution in [2.75, 3.05) is 25.2 Å². The van der Waals surface area contributed by atoms with Gasteiger partial charge in [0, 0.05) is 25.2 Å². The SMILES string of the molecule is COc1ccc(C(=O)N2CC3(CCC(=O)NC3=O)COc3cc(-c4ccccc4)ccc32)cn1. The van der Waals surface area contributed by atoms with Crippen LogP contribution in [0.1, 0.15) is 23.2 Å². The molecule has 3 amide bonds. The molecule has 1 fully saturated rings. The van der Waals surface area contributed by atoms with Crippen LogP contribution in [-0.4, -0.2) is 43.0 Å². The first-order valence-corrected chi connectivity index (χ1v) is 11.0. The molecule has 5 rings (SSSR count). The predicted octanol–water partition coefficient (Wildman–Crippen LogP) is 3.22. The lowest BCUT2D eigenvalue weighted by Crippen LogP contribution is -2.56. The molecule has 0 saturated carbocycles. The largest absolute Gasteiger partial charge is 0.490 e. The van der Waals surface area contributed by atoms with E-state index in [1.54, 1.807) is 17.0 Å². The van der Waals surface area contributed by atoms with Gasteiger partial charge < -0.3 is 14.4 Å². The molecule has 1 unspecified atom stereocenters. The number of ether oxygens (including phenoxy) is 2. The Labute approximate surface area is 196 Å². The van der Waals surface area contributed by atoms with E-state index in [-0.39, 0.29) is 31.4 Å². The second-order valence-corrected chi connectivity index (χ2v) is 8.48. The number of methoxy groups -OCH3 is 1. The zero-order valence-electron chi connectivity index (χ0n) is 18.6. The topological polar surface area (TPSA) is 97.8 Å². The number of anilines is 1. The molecule has 2 aromatic carbocycles. The summed E-state index contributed by atoms with van der Waals surface area (Å²) in [5, 5.41) is 2.42. The maximum atomic E-state index is 13.7. The van der Waals surface area contributed by atoms with Gasteiger partial charge in [-0.2, -0.15) is 0 Å². The Hall–Kier alpha value is -4.20. The number of aromatic nitrogens is 1. The highest BCUT2D eigenvalue weighted by atomic mass is 16.5. The van der Waals surface area contributed by atoms with Crippen molar-refractivity contribution < 1.29 is 23.9 Å². The van der Waals surface area contributed by atoms with Crippen LogP contribution in [0.5, 0.6) is 11.6 Å². The lowest BCUT2D eigenvalue weighted by Gasteiger charge is -2.36. The van der Waals surface area contributed by atoms with Crippen LogP contribution >= 0.6 is 0 Å². The standard InChI is InChI=1S/C26H23N3O5/c1-33-23-10-8-19(14-27-23)24(31)29-15-26(12-11-22(30)28-25(26)32)16-34-21-13-18(7-9-20(21)29)17-5-3-2-4-6-17/h2-10,13-14H,11-12,15-16H2,1H3,(H,28,30,32). The normalized spacial score (nSPS) is 19.6. The van der Waals surface area contributed by atoms with E-state index in [0.717, 1.165) is 11.1 Å². The van der Waals surface area contributed by atoms with Crippen molar-refractivity contribution in [2.45, 2.75) is 12.8 Å². The van der Waals surface area contributed by atoms with E-state index in [2.05, 4.69) is 10.3 Å². The van der Waals surface area contributed by atoms with E-state index in [9.17, 15) is 14.4 Å². The molecule has 8 heteroatoms. The fraction of sp³-hybridized carbons (Fsp3) is 0.231. The van der Waals surface area contributed by atoms with Gasteiger partial charge in [-0.05, 0) is 35.7 Å². The first-order valence-electron chi connectivity index (χ1n) is 11.0. The van der Waals surface area contributed by atoms with Gasteiger partial charge in [0.25, 0.3) is 5.91 Å². The molecule has 172 valence electrons. The summed E-state index contributed by atoms with van der Waals surface area (Å²) in [5.74, 6) is -0.173. The molecule has 34 heavy (non-hydrogen) atoms. The minimum absolute atomic E-state index is 0.0575. The molecule has 3 heterocycles. The third-order valence-electron chi connectivity index (χ3n) is 6.33. The van der Waals surface area contributed by atoms with Crippen LogP contribution in [0.3, 0.4) is 0 Å². The highest BCUT2D eigenvalue weighted by Crippen LogP contribution is 2.41. The summed E-state index contributed by atoms with van der Waals surface area (Å²) in [7, 11) is 1.50. The third kappa shape index (κ3) is 3.87. The van der Waals surface area contributed by atoms with E-state index >= 15 is 0 Å². The van der Waals surface area contributed by atoms with Crippen LogP contribution in [0.4, 0.5) is 5.69 Å². The number of hydrogen-bond donors (Lipinski definition) is 1. The number of benzene rings is 2. The van der Waals surface area contributed by atoms with Gasteiger partial charge in [0.15, 0.2) is 0 Å². The first kappa shape index (κ1) is 21.6. The Kier molecular flexibility index (Phi) is 5.49. The highest BCUT2D eigenvalue weighted by Gasteiger charge is 2.48. The Bertz CT molecular complexity index is 1260. The summed E-state index contributed by atoms with van der Waals surface area (Å²) in [4.78, 5) is 44.2. The number of imide groups is 1. The number of piperidine rings is 1. The second-order valence-electron chi connectivity index (χ2n) is 8.48. The highest BCUT2D eigenvalue weighted by molar-refractivity contribution is 6.08. The van der Waals surface area contributed by atoms with Gasteiger partial charge in [0.1, 0.15) is 17.8 Å². The number of carbonyl (C=O) groups excluding carboxylic acids is 3. The molecule has 0 bridgehead atoms. The number of nitrogens with zero attached hydrogens (tertiary/aromatic N) is 2. The molecule has 0 aliphatic carbocycles. The Morgan fingerprint density at radius 2 is 1.91 bits per heavy atom. The van der Waals surface area contributed by atoms with Crippen LogP contribution in [0.2, 0.25) is 0 Å². The van der Waals surface area contributed by atoms with Gasteiger partial charge >= 0.3 is 0 Å². The van der Waals surface area contributed by atoms with Gasteiger partial charge in [-0.25, -0.2) is 4.98 Å². The molecule has 8 nitrogen and oxygen atoms in total. The van der Waals surface area contributed by atoms with Crippen molar-refractivity contribution in [1.29, 1.82) is 0 Å². The lowest BCUT2D eigenvalue weighted by molar-refractivity contribution is -0.142. The first-order chi connectivity index (χ1) is 16.5. The molecule has 1 atom stereocenters. The molecule has 1 aromatic heterocycles. The van der Waals surface area contributed by atoms with Gasteiger partial charge in [0.05, 0.1) is 18.4 Å². The summed E-state index contributed by atoms with van der Waals surface area (Å²) in [6.45, 7) is 0.136. The molecule has 1 N–H and O–H groups in total. The van der Waals surface area contributed by atoms with Crippen molar-refractivity contribution >= 4 is 23.4 Å². The van der Waals surface area contributed by atoms with E-state index < -0.39 is 11.3 Å². The van der Waals surface area contributed by atoms with E-state index in [1.807, 2.05) is 48.5 Å². The van der Waals surface area contributed by atoms with Crippen LogP contribution in [0.25, 0.3) is 11.1 Å². The van der Waals surface area contributed by atoms with Crippen molar-refractivity contribution in [3.63, 3.8) is 0 Å². The smallest absolute Gasteiger partial charge is 0.259 e. The fourth-order valence-electron chi connectivity index (χ4n) is 4.35. The zero-order valence-corrected chi connectivity index (χ0v) is 18.6. The van der Waals surface area contributed by atoms with Crippen molar-refractivity contribution in [3.05, 3.63) is 72.4 Å². The third-order valence-corrected chi connectivity index (χ3v) is 6.33. The zero-order chi connectivity index (χ0) is 23.7. The van der Waals surface area contributed by atoms with Gasteiger partial charge in [-0.1, -0.05) is 36.4 Å². The second kappa shape index (κ2) is 8.62. The molecule has 3 aromatic rings. The lowest BCUT2D eigenvalue weighted by atomic mass is 9.79. The van der Waals surface area contributed by atoms with Crippen molar-refractivity contribution in [1.82, 2.24) is 10.3 Å². The quantitative estimate of drug-likeness (QED) is 0.607. The summed E-state index contributed by atoms with van der Waals surface area (Å²) in [6, 6.07) is 18.7.